The Hall–Kier alpha value is -3.28. The third-order valence-corrected chi connectivity index (χ3v) is 2.82. The zero-order valence-corrected chi connectivity index (χ0v) is 11.3. The Morgan fingerprint density at radius 3 is 2.41 bits per heavy atom. The highest BCUT2D eigenvalue weighted by molar-refractivity contribution is 5.74. The van der Waals surface area contributed by atoms with Gasteiger partial charge in [0.25, 0.3) is 0 Å². The van der Waals surface area contributed by atoms with E-state index in [2.05, 4.69) is 9.97 Å². The van der Waals surface area contributed by atoms with Crippen molar-refractivity contribution in [3.8, 4) is 0 Å². The first-order valence-electron chi connectivity index (χ1n) is 6.41. The second-order valence-electron chi connectivity index (χ2n) is 4.32. The first kappa shape index (κ1) is 13.7. The molecule has 0 bridgehead atoms. The van der Waals surface area contributed by atoms with Crippen LogP contribution in [0.15, 0.2) is 79.5 Å². The SMILES string of the molecule is O=c1ccc2cccnc2o1.O=c1ccc2cnccc2o1. The molecule has 0 saturated carbocycles. The average molecular weight is 294 g/mol. The highest BCUT2D eigenvalue weighted by Crippen LogP contribution is 2.07. The van der Waals surface area contributed by atoms with E-state index in [1.165, 1.54) is 12.1 Å². The van der Waals surface area contributed by atoms with Gasteiger partial charge in [0.05, 0.1) is 0 Å². The van der Waals surface area contributed by atoms with Gasteiger partial charge < -0.3 is 8.83 Å². The number of rotatable bonds is 0. The third-order valence-electron chi connectivity index (χ3n) is 2.82. The van der Waals surface area contributed by atoms with Crippen molar-refractivity contribution in [1.82, 2.24) is 9.97 Å². The maximum Gasteiger partial charge on any atom is 0.337 e. The molecule has 0 saturated heterocycles. The lowest BCUT2D eigenvalue weighted by Gasteiger charge is -1.90. The standard InChI is InChI=1S/2C8H5NO2/c10-8-2-1-6-5-9-4-3-7(6)11-8;10-7-4-3-6-2-1-5-9-8(6)11-7/h2*1-5H. The van der Waals surface area contributed by atoms with Gasteiger partial charge >= 0.3 is 11.3 Å². The third kappa shape index (κ3) is 3.06. The molecule has 6 nitrogen and oxygen atoms in total. The topological polar surface area (TPSA) is 86.2 Å². The fourth-order valence-corrected chi connectivity index (χ4v) is 1.81. The molecule has 108 valence electrons. The summed E-state index contributed by atoms with van der Waals surface area (Å²) in [5, 5.41) is 1.68. The van der Waals surface area contributed by atoms with E-state index in [4.69, 9.17) is 8.83 Å². The molecule has 0 N–H and O–H groups in total. The van der Waals surface area contributed by atoms with Crippen molar-refractivity contribution in [2.24, 2.45) is 0 Å². The van der Waals surface area contributed by atoms with Crippen molar-refractivity contribution in [3.63, 3.8) is 0 Å². The van der Waals surface area contributed by atoms with Crippen molar-refractivity contribution >= 4 is 22.1 Å². The molecule has 4 aromatic rings. The molecule has 0 amide bonds. The minimum atomic E-state index is -0.365. The number of hydrogen-bond acceptors (Lipinski definition) is 6. The summed E-state index contributed by atoms with van der Waals surface area (Å²) in [5.74, 6) is 0. The molecule has 6 heteroatoms. The van der Waals surface area contributed by atoms with Crippen molar-refractivity contribution in [3.05, 3.63) is 81.9 Å². The quantitative estimate of drug-likeness (QED) is 0.495. The number of fused-ring (bicyclic) bond motifs is 2. The van der Waals surface area contributed by atoms with Gasteiger partial charge in [0.1, 0.15) is 5.58 Å². The summed E-state index contributed by atoms with van der Waals surface area (Å²) in [6.45, 7) is 0. The Morgan fingerprint density at radius 2 is 1.55 bits per heavy atom. The molecule has 0 fully saturated rings. The first-order chi connectivity index (χ1) is 10.7. The van der Waals surface area contributed by atoms with E-state index in [0.717, 1.165) is 10.8 Å². The van der Waals surface area contributed by atoms with E-state index in [9.17, 15) is 9.59 Å². The lowest BCUT2D eigenvalue weighted by atomic mass is 10.3. The Balaban J connectivity index is 0.000000131. The van der Waals surface area contributed by atoms with Gasteiger partial charge in [0, 0.05) is 41.5 Å². The Kier molecular flexibility index (Phi) is 3.74. The van der Waals surface area contributed by atoms with Gasteiger partial charge in [-0.25, -0.2) is 14.6 Å². The number of hydrogen-bond donors (Lipinski definition) is 0. The molecule has 0 aliphatic heterocycles. The molecule has 4 aromatic heterocycles. The van der Waals surface area contributed by atoms with Gasteiger partial charge in [0.15, 0.2) is 0 Å². The van der Waals surface area contributed by atoms with Crippen molar-refractivity contribution in [2.75, 3.05) is 0 Å². The number of aromatic nitrogens is 2. The lowest BCUT2D eigenvalue weighted by molar-refractivity contribution is 0.549. The van der Waals surface area contributed by atoms with Gasteiger partial charge in [-0.3, -0.25) is 4.98 Å². The molecule has 0 radical (unpaired) electrons. The lowest BCUT2D eigenvalue weighted by Crippen LogP contribution is -1.94. The molecule has 0 spiro atoms. The smallest absolute Gasteiger partial charge is 0.337 e. The summed E-state index contributed by atoms with van der Waals surface area (Å²) < 4.78 is 9.66. The number of pyridine rings is 2. The van der Waals surface area contributed by atoms with E-state index in [0.29, 0.717) is 11.3 Å². The molecule has 22 heavy (non-hydrogen) atoms. The fraction of sp³-hybridized carbons (Fsp3) is 0. The van der Waals surface area contributed by atoms with Crippen molar-refractivity contribution < 1.29 is 8.83 Å². The van der Waals surface area contributed by atoms with Crippen LogP contribution in [0.5, 0.6) is 0 Å². The van der Waals surface area contributed by atoms with Crippen LogP contribution in [0.25, 0.3) is 22.1 Å². The molecule has 4 heterocycles. The minimum Gasteiger partial charge on any atom is -0.423 e. The minimum absolute atomic E-state index is 0.330. The summed E-state index contributed by atoms with van der Waals surface area (Å²) in [6.07, 6.45) is 4.83. The maximum absolute atomic E-state index is 10.7. The summed E-state index contributed by atoms with van der Waals surface area (Å²) in [4.78, 5) is 29.1. The normalized spacial score (nSPS) is 10.2. The Morgan fingerprint density at radius 1 is 0.773 bits per heavy atom. The Bertz CT molecular complexity index is 951. The zero-order valence-electron chi connectivity index (χ0n) is 11.3. The van der Waals surface area contributed by atoms with Crippen LogP contribution in [-0.4, -0.2) is 9.97 Å². The molecule has 0 aliphatic carbocycles. The number of nitrogens with zero attached hydrogens (tertiary/aromatic N) is 2. The van der Waals surface area contributed by atoms with Crippen LogP contribution >= 0.6 is 0 Å². The fourth-order valence-electron chi connectivity index (χ4n) is 1.81. The van der Waals surface area contributed by atoms with E-state index in [1.54, 1.807) is 42.9 Å². The predicted molar refractivity (Wildman–Crippen MR) is 80.6 cm³/mol. The Labute approximate surface area is 123 Å². The van der Waals surface area contributed by atoms with E-state index < -0.39 is 0 Å². The second-order valence-corrected chi connectivity index (χ2v) is 4.32. The molecule has 0 aromatic carbocycles. The summed E-state index contributed by atoms with van der Waals surface area (Å²) in [7, 11) is 0. The van der Waals surface area contributed by atoms with Crippen LogP contribution in [0.2, 0.25) is 0 Å². The van der Waals surface area contributed by atoms with Gasteiger partial charge in [-0.1, -0.05) is 0 Å². The maximum atomic E-state index is 10.7. The van der Waals surface area contributed by atoms with Crippen LogP contribution in [0.3, 0.4) is 0 Å². The van der Waals surface area contributed by atoms with Crippen LogP contribution in [0, 0.1) is 0 Å². The molecular formula is C16H10N2O4. The van der Waals surface area contributed by atoms with E-state index in [1.807, 2.05) is 6.07 Å². The van der Waals surface area contributed by atoms with Gasteiger partial charge in [-0.05, 0) is 30.3 Å². The molecule has 4 rings (SSSR count). The molecule has 0 atom stereocenters. The van der Waals surface area contributed by atoms with Crippen molar-refractivity contribution in [1.29, 1.82) is 0 Å². The molecule has 0 unspecified atom stereocenters. The predicted octanol–water partition coefficient (Wildman–Crippen LogP) is 2.38. The second kappa shape index (κ2) is 6.01. The monoisotopic (exact) mass is 294 g/mol. The summed E-state index contributed by atoms with van der Waals surface area (Å²) in [6, 6.07) is 11.4. The van der Waals surface area contributed by atoms with Crippen LogP contribution in [-0.2, 0) is 0 Å². The van der Waals surface area contributed by atoms with Crippen LogP contribution in [0.1, 0.15) is 0 Å². The average Bonchev–Trinajstić information content (AvgIpc) is 2.55. The molecular weight excluding hydrogens is 284 g/mol. The zero-order chi connectivity index (χ0) is 15.4. The highest BCUT2D eigenvalue weighted by atomic mass is 16.4. The molecule has 0 aliphatic rings. The van der Waals surface area contributed by atoms with E-state index >= 15 is 0 Å². The largest absolute Gasteiger partial charge is 0.423 e. The van der Waals surface area contributed by atoms with Gasteiger partial charge in [-0.15, -0.1) is 0 Å². The van der Waals surface area contributed by atoms with Crippen LogP contribution < -0.4 is 11.3 Å². The van der Waals surface area contributed by atoms with Crippen LogP contribution in [0.4, 0.5) is 0 Å². The van der Waals surface area contributed by atoms with E-state index in [-0.39, 0.29) is 11.3 Å². The summed E-state index contributed by atoms with van der Waals surface area (Å²) in [5.41, 5.74) is 0.271. The highest BCUT2D eigenvalue weighted by Gasteiger charge is 1.94. The van der Waals surface area contributed by atoms with Gasteiger partial charge in [0.2, 0.25) is 5.71 Å². The summed E-state index contributed by atoms with van der Waals surface area (Å²) >= 11 is 0. The van der Waals surface area contributed by atoms with Gasteiger partial charge in [-0.2, -0.15) is 0 Å². The van der Waals surface area contributed by atoms with Crippen molar-refractivity contribution in [2.45, 2.75) is 0 Å². The first-order valence-corrected chi connectivity index (χ1v) is 6.41.